The molecule has 19 heavy (non-hydrogen) atoms. The Bertz CT molecular complexity index is 566. The highest BCUT2D eigenvalue weighted by molar-refractivity contribution is 5.52. The summed E-state index contributed by atoms with van der Waals surface area (Å²) in [7, 11) is 3.74. The Kier molecular flexibility index (Phi) is 3.95. The van der Waals surface area contributed by atoms with Gasteiger partial charge in [0, 0.05) is 31.0 Å². The van der Waals surface area contributed by atoms with E-state index in [0.29, 0.717) is 0 Å². The van der Waals surface area contributed by atoms with Crippen LogP contribution in [0.4, 0.5) is 11.4 Å². The predicted molar refractivity (Wildman–Crippen MR) is 80.7 cm³/mol. The van der Waals surface area contributed by atoms with Crippen LogP contribution in [0.15, 0.2) is 42.5 Å². The summed E-state index contributed by atoms with van der Waals surface area (Å²) in [5.74, 6) is 0.868. The van der Waals surface area contributed by atoms with Crippen LogP contribution >= 0.6 is 0 Å². The van der Waals surface area contributed by atoms with Gasteiger partial charge in [-0.1, -0.05) is 18.2 Å². The van der Waals surface area contributed by atoms with Gasteiger partial charge in [0.2, 0.25) is 0 Å². The summed E-state index contributed by atoms with van der Waals surface area (Å²) in [6, 6.07) is 14.2. The van der Waals surface area contributed by atoms with E-state index in [2.05, 4.69) is 30.1 Å². The average molecular weight is 256 g/mol. The van der Waals surface area contributed by atoms with Gasteiger partial charge in [-0.15, -0.1) is 0 Å². The Morgan fingerprint density at radius 3 is 2.63 bits per heavy atom. The highest BCUT2D eigenvalue weighted by Gasteiger charge is 2.04. The molecule has 2 rings (SSSR count). The molecule has 0 aromatic heterocycles. The highest BCUT2D eigenvalue weighted by Crippen LogP contribution is 2.22. The van der Waals surface area contributed by atoms with E-state index in [4.69, 9.17) is 10.5 Å². The third-order valence-electron chi connectivity index (χ3n) is 3.26. The third kappa shape index (κ3) is 3.19. The predicted octanol–water partition coefficient (Wildman–Crippen LogP) is 3.22. The molecule has 0 radical (unpaired) electrons. The van der Waals surface area contributed by atoms with E-state index in [0.717, 1.165) is 29.2 Å². The second-order valence-electron chi connectivity index (χ2n) is 4.75. The van der Waals surface area contributed by atoms with E-state index in [1.54, 1.807) is 7.11 Å². The minimum atomic E-state index is 0.817. The molecule has 0 spiro atoms. The van der Waals surface area contributed by atoms with Crippen molar-refractivity contribution in [3.8, 4) is 5.75 Å². The van der Waals surface area contributed by atoms with Crippen molar-refractivity contribution in [2.24, 2.45) is 0 Å². The number of aryl methyl sites for hydroxylation is 1. The first-order valence-corrected chi connectivity index (χ1v) is 6.30. The van der Waals surface area contributed by atoms with Crippen molar-refractivity contribution in [1.82, 2.24) is 0 Å². The zero-order chi connectivity index (χ0) is 13.8. The van der Waals surface area contributed by atoms with Crippen LogP contribution in [0.1, 0.15) is 11.1 Å². The van der Waals surface area contributed by atoms with Crippen LogP contribution < -0.4 is 15.4 Å². The lowest BCUT2D eigenvalue weighted by Gasteiger charge is -2.20. The SMILES string of the molecule is COc1cccc(N(C)Cc2ccc(C)c(N)c2)c1. The average Bonchev–Trinajstić information content (AvgIpc) is 2.43. The first kappa shape index (κ1) is 13.3. The first-order chi connectivity index (χ1) is 9.10. The molecular weight excluding hydrogens is 236 g/mol. The maximum Gasteiger partial charge on any atom is 0.120 e. The van der Waals surface area contributed by atoms with Crippen molar-refractivity contribution < 1.29 is 4.74 Å². The van der Waals surface area contributed by atoms with Crippen LogP contribution in [0.2, 0.25) is 0 Å². The van der Waals surface area contributed by atoms with E-state index in [-0.39, 0.29) is 0 Å². The van der Waals surface area contributed by atoms with Gasteiger partial charge in [-0.2, -0.15) is 0 Å². The molecule has 2 N–H and O–H groups in total. The minimum Gasteiger partial charge on any atom is -0.497 e. The van der Waals surface area contributed by atoms with Gasteiger partial charge in [-0.25, -0.2) is 0 Å². The quantitative estimate of drug-likeness (QED) is 0.854. The topological polar surface area (TPSA) is 38.5 Å². The number of ether oxygens (including phenoxy) is 1. The smallest absolute Gasteiger partial charge is 0.120 e. The van der Waals surface area contributed by atoms with Crippen LogP contribution in [-0.4, -0.2) is 14.2 Å². The van der Waals surface area contributed by atoms with Gasteiger partial charge < -0.3 is 15.4 Å². The first-order valence-electron chi connectivity index (χ1n) is 6.30. The zero-order valence-corrected chi connectivity index (χ0v) is 11.7. The second kappa shape index (κ2) is 5.65. The molecule has 0 aliphatic rings. The highest BCUT2D eigenvalue weighted by atomic mass is 16.5. The summed E-state index contributed by atoms with van der Waals surface area (Å²) in [6.07, 6.45) is 0. The molecule has 0 atom stereocenters. The summed E-state index contributed by atoms with van der Waals surface area (Å²) in [6.45, 7) is 2.84. The molecule has 2 aromatic rings. The van der Waals surface area contributed by atoms with Crippen LogP contribution in [0.3, 0.4) is 0 Å². The number of benzene rings is 2. The van der Waals surface area contributed by atoms with Crippen molar-refractivity contribution in [3.63, 3.8) is 0 Å². The molecule has 0 aliphatic heterocycles. The number of nitrogens with zero attached hydrogens (tertiary/aromatic N) is 1. The lowest BCUT2D eigenvalue weighted by molar-refractivity contribution is 0.415. The molecule has 0 heterocycles. The van der Waals surface area contributed by atoms with Crippen molar-refractivity contribution in [3.05, 3.63) is 53.6 Å². The van der Waals surface area contributed by atoms with E-state index < -0.39 is 0 Å². The number of rotatable bonds is 4. The summed E-state index contributed by atoms with van der Waals surface area (Å²) in [5.41, 5.74) is 10.2. The lowest BCUT2D eigenvalue weighted by Crippen LogP contribution is -2.16. The summed E-state index contributed by atoms with van der Waals surface area (Å²) < 4.78 is 5.24. The molecule has 0 bridgehead atoms. The van der Waals surface area contributed by atoms with Gasteiger partial charge in [0.25, 0.3) is 0 Å². The van der Waals surface area contributed by atoms with Crippen molar-refractivity contribution in [2.75, 3.05) is 24.8 Å². The minimum absolute atomic E-state index is 0.817. The molecule has 0 unspecified atom stereocenters. The van der Waals surface area contributed by atoms with Crippen LogP contribution in [0.25, 0.3) is 0 Å². The summed E-state index contributed by atoms with van der Waals surface area (Å²) in [5, 5.41) is 0. The maximum atomic E-state index is 5.94. The molecule has 2 aromatic carbocycles. The molecule has 0 fully saturated rings. The van der Waals surface area contributed by atoms with Crippen molar-refractivity contribution in [1.29, 1.82) is 0 Å². The fourth-order valence-electron chi connectivity index (χ4n) is 2.00. The normalized spacial score (nSPS) is 10.3. The molecule has 0 amide bonds. The molecule has 0 saturated carbocycles. The summed E-state index contributed by atoms with van der Waals surface area (Å²) >= 11 is 0. The van der Waals surface area contributed by atoms with Gasteiger partial charge in [-0.05, 0) is 36.2 Å². The molecule has 3 heteroatoms. The Morgan fingerprint density at radius 2 is 1.95 bits per heavy atom. The van der Waals surface area contributed by atoms with Crippen LogP contribution in [-0.2, 0) is 6.54 Å². The van der Waals surface area contributed by atoms with E-state index >= 15 is 0 Å². The van der Waals surface area contributed by atoms with E-state index in [1.807, 2.05) is 31.2 Å². The van der Waals surface area contributed by atoms with Crippen LogP contribution in [0.5, 0.6) is 5.75 Å². The monoisotopic (exact) mass is 256 g/mol. The van der Waals surface area contributed by atoms with E-state index in [1.165, 1.54) is 5.56 Å². The number of nitrogen functional groups attached to an aromatic ring is 1. The van der Waals surface area contributed by atoms with Gasteiger partial charge >= 0.3 is 0 Å². The Balaban J connectivity index is 2.15. The number of anilines is 2. The second-order valence-corrected chi connectivity index (χ2v) is 4.75. The Labute approximate surface area is 114 Å². The van der Waals surface area contributed by atoms with Gasteiger partial charge in [0.15, 0.2) is 0 Å². The largest absolute Gasteiger partial charge is 0.497 e. The Morgan fingerprint density at radius 1 is 1.16 bits per heavy atom. The fourth-order valence-corrected chi connectivity index (χ4v) is 2.00. The number of hydrogen-bond donors (Lipinski definition) is 1. The molecule has 0 aliphatic carbocycles. The number of methoxy groups -OCH3 is 1. The van der Waals surface area contributed by atoms with E-state index in [9.17, 15) is 0 Å². The number of hydrogen-bond acceptors (Lipinski definition) is 3. The lowest BCUT2D eigenvalue weighted by atomic mass is 10.1. The standard InChI is InChI=1S/C16H20N2O/c1-12-7-8-13(9-16(12)17)11-18(2)14-5-4-6-15(10-14)19-3/h4-10H,11,17H2,1-3H3. The molecule has 100 valence electrons. The zero-order valence-electron chi connectivity index (χ0n) is 11.7. The third-order valence-corrected chi connectivity index (χ3v) is 3.26. The van der Waals surface area contributed by atoms with Gasteiger partial charge in [-0.3, -0.25) is 0 Å². The number of nitrogens with two attached hydrogens (primary N) is 1. The van der Waals surface area contributed by atoms with Crippen LogP contribution in [0, 0.1) is 6.92 Å². The van der Waals surface area contributed by atoms with Crippen molar-refractivity contribution >= 4 is 11.4 Å². The van der Waals surface area contributed by atoms with Gasteiger partial charge in [0.1, 0.15) is 5.75 Å². The maximum absolute atomic E-state index is 5.94. The molecular formula is C16H20N2O. The van der Waals surface area contributed by atoms with Gasteiger partial charge in [0.05, 0.1) is 7.11 Å². The van der Waals surface area contributed by atoms with Crippen molar-refractivity contribution in [2.45, 2.75) is 13.5 Å². The Hall–Kier alpha value is -2.16. The molecule has 3 nitrogen and oxygen atoms in total. The summed E-state index contributed by atoms with van der Waals surface area (Å²) in [4.78, 5) is 2.17. The molecule has 0 saturated heterocycles. The fraction of sp³-hybridized carbons (Fsp3) is 0.250.